The van der Waals surface area contributed by atoms with E-state index in [0.717, 1.165) is 6.04 Å². The number of hydrogen-bond donors (Lipinski definition) is 1. The second-order valence-corrected chi connectivity index (χ2v) is 4.39. The topological polar surface area (TPSA) is 15.3 Å². The molecule has 2 nitrogen and oxygen atoms in total. The molecular formula is C9H18N2. The molecule has 0 aromatic heterocycles. The van der Waals surface area contributed by atoms with Crippen LogP contribution in [0.4, 0.5) is 0 Å². The van der Waals surface area contributed by atoms with E-state index in [2.05, 4.69) is 24.2 Å². The zero-order valence-electron chi connectivity index (χ0n) is 7.56. The summed E-state index contributed by atoms with van der Waals surface area (Å²) in [5.41, 5.74) is 0.700. The number of nitrogens with one attached hydrogen (secondary N) is 1. The molecule has 2 heterocycles. The van der Waals surface area contributed by atoms with Gasteiger partial charge in [0.2, 0.25) is 0 Å². The summed E-state index contributed by atoms with van der Waals surface area (Å²) in [6.45, 7) is 6.18. The van der Waals surface area contributed by atoms with Crippen LogP contribution in [0.3, 0.4) is 0 Å². The van der Waals surface area contributed by atoms with Gasteiger partial charge in [-0.15, -0.1) is 0 Å². The normalized spacial score (nSPS) is 37.1. The Labute approximate surface area is 69.0 Å². The molecule has 1 atom stereocenters. The fourth-order valence-electron chi connectivity index (χ4n) is 2.32. The first-order valence-electron chi connectivity index (χ1n) is 4.63. The molecule has 0 aliphatic carbocycles. The van der Waals surface area contributed by atoms with Crippen molar-refractivity contribution >= 4 is 0 Å². The van der Waals surface area contributed by atoms with E-state index in [1.807, 2.05) is 0 Å². The maximum absolute atomic E-state index is 3.39. The van der Waals surface area contributed by atoms with Gasteiger partial charge < -0.3 is 10.2 Å². The minimum absolute atomic E-state index is 0.700. The van der Waals surface area contributed by atoms with Gasteiger partial charge >= 0.3 is 0 Å². The minimum atomic E-state index is 0.700. The highest BCUT2D eigenvalue weighted by Crippen LogP contribution is 2.37. The van der Waals surface area contributed by atoms with Gasteiger partial charge in [-0.2, -0.15) is 0 Å². The average Bonchev–Trinajstić information content (AvgIpc) is 1.92. The summed E-state index contributed by atoms with van der Waals surface area (Å²) < 4.78 is 0. The van der Waals surface area contributed by atoms with Crippen molar-refractivity contribution in [1.82, 2.24) is 10.2 Å². The van der Waals surface area contributed by atoms with Gasteiger partial charge in [0.25, 0.3) is 0 Å². The smallest absolute Gasteiger partial charge is 0.00701 e. The van der Waals surface area contributed by atoms with Gasteiger partial charge in [0.1, 0.15) is 0 Å². The molecule has 0 aromatic rings. The Morgan fingerprint density at radius 2 is 2.18 bits per heavy atom. The lowest BCUT2D eigenvalue weighted by Crippen LogP contribution is -2.59. The van der Waals surface area contributed by atoms with E-state index in [9.17, 15) is 0 Å². The lowest BCUT2D eigenvalue weighted by molar-refractivity contribution is 0.0332. The van der Waals surface area contributed by atoms with Gasteiger partial charge in [-0.1, -0.05) is 0 Å². The van der Waals surface area contributed by atoms with E-state index in [1.165, 1.54) is 32.5 Å². The first-order chi connectivity index (χ1) is 5.22. The SMILES string of the molecule is CC1CC2(CCN1C)CNC2. The van der Waals surface area contributed by atoms with Crippen molar-refractivity contribution in [2.75, 3.05) is 26.7 Å². The van der Waals surface area contributed by atoms with Gasteiger partial charge in [0.05, 0.1) is 0 Å². The van der Waals surface area contributed by atoms with Gasteiger partial charge in [0, 0.05) is 19.1 Å². The largest absolute Gasteiger partial charge is 0.316 e. The highest BCUT2D eigenvalue weighted by Gasteiger charge is 2.41. The van der Waals surface area contributed by atoms with Crippen molar-refractivity contribution < 1.29 is 0 Å². The minimum Gasteiger partial charge on any atom is -0.316 e. The van der Waals surface area contributed by atoms with Crippen molar-refractivity contribution in [3.05, 3.63) is 0 Å². The number of rotatable bonds is 0. The summed E-state index contributed by atoms with van der Waals surface area (Å²) in [5.74, 6) is 0. The summed E-state index contributed by atoms with van der Waals surface area (Å²) in [6.07, 6.45) is 2.80. The van der Waals surface area contributed by atoms with Crippen LogP contribution in [-0.4, -0.2) is 37.6 Å². The van der Waals surface area contributed by atoms with Crippen molar-refractivity contribution in [1.29, 1.82) is 0 Å². The molecule has 64 valence electrons. The Kier molecular flexibility index (Phi) is 1.69. The van der Waals surface area contributed by atoms with E-state index in [0.29, 0.717) is 5.41 Å². The standard InChI is InChI=1S/C9H18N2/c1-8-5-9(6-10-7-9)3-4-11(8)2/h8,10H,3-7H2,1-2H3. The molecule has 2 aliphatic rings. The Hall–Kier alpha value is -0.0800. The van der Waals surface area contributed by atoms with Crippen LogP contribution in [-0.2, 0) is 0 Å². The van der Waals surface area contributed by atoms with E-state index < -0.39 is 0 Å². The van der Waals surface area contributed by atoms with Gasteiger partial charge in [0.15, 0.2) is 0 Å². The monoisotopic (exact) mass is 154 g/mol. The summed E-state index contributed by atoms with van der Waals surface area (Å²) in [4.78, 5) is 2.48. The second kappa shape index (κ2) is 2.46. The first kappa shape index (κ1) is 7.56. The fraction of sp³-hybridized carbons (Fsp3) is 1.00. The lowest BCUT2D eigenvalue weighted by Gasteiger charge is -2.50. The number of nitrogens with zero attached hydrogens (tertiary/aromatic N) is 1. The van der Waals surface area contributed by atoms with Crippen molar-refractivity contribution in [2.45, 2.75) is 25.8 Å². The third kappa shape index (κ3) is 1.18. The quantitative estimate of drug-likeness (QED) is 0.552. The van der Waals surface area contributed by atoms with Crippen molar-refractivity contribution in [3.63, 3.8) is 0 Å². The molecule has 0 amide bonds. The maximum atomic E-state index is 3.39. The van der Waals surface area contributed by atoms with E-state index in [4.69, 9.17) is 0 Å². The predicted octanol–water partition coefficient (Wildman–Crippen LogP) is 0.690. The molecule has 2 aliphatic heterocycles. The Bertz CT molecular complexity index is 152. The average molecular weight is 154 g/mol. The molecule has 2 rings (SSSR count). The van der Waals surface area contributed by atoms with Crippen LogP contribution in [0.15, 0.2) is 0 Å². The number of likely N-dealkylation sites (tertiary alicyclic amines) is 1. The van der Waals surface area contributed by atoms with Crippen LogP contribution in [0.1, 0.15) is 19.8 Å². The summed E-state index contributed by atoms with van der Waals surface area (Å²) in [7, 11) is 2.24. The molecule has 1 spiro atoms. The van der Waals surface area contributed by atoms with Crippen LogP contribution in [0.2, 0.25) is 0 Å². The van der Waals surface area contributed by atoms with Crippen LogP contribution >= 0.6 is 0 Å². The van der Waals surface area contributed by atoms with E-state index in [-0.39, 0.29) is 0 Å². The van der Waals surface area contributed by atoms with Crippen molar-refractivity contribution in [2.24, 2.45) is 5.41 Å². The van der Waals surface area contributed by atoms with E-state index in [1.54, 1.807) is 0 Å². The molecule has 2 heteroatoms. The summed E-state index contributed by atoms with van der Waals surface area (Å²) >= 11 is 0. The molecule has 11 heavy (non-hydrogen) atoms. The van der Waals surface area contributed by atoms with Gasteiger partial charge in [-0.25, -0.2) is 0 Å². The fourth-order valence-corrected chi connectivity index (χ4v) is 2.32. The summed E-state index contributed by atoms with van der Waals surface area (Å²) in [6, 6.07) is 0.797. The third-order valence-corrected chi connectivity index (χ3v) is 3.48. The number of piperidine rings is 1. The molecule has 2 saturated heterocycles. The number of hydrogen-bond acceptors (Lipinski definition) is 2. The highest BCUT2D eigenvalue weighted by molar-refractivity contribution is 4.97. The van der Waals surface area contributed by atoms with Gasteiger partial charge in [-0.3, -0.25) is 0 Å². The van der Waals surface area contributed by atoms with Crippen LogP contribution in [0.25, 0.3) is 0 Å². The molecule has 0 aromatic carbocycles. The zero-order valence-corrected chi connectivity index (χ0v) is 7.56. The third-order valence-electron chi connectivity index (χ3n) is 3.48. The zero-order chi connectivity index (χ0) is 7.90. The van der Waals surface area contributed by atoms with Gasteiger partial charge in [-0.05, 0) is 38.8 Å². The lowest BCUT2D eigenvalue weighted by atomic mass is 9.71. The summed E-state index contributed by atoms with van der Waals surface area (Å²) in [5, 5.41) is 3.39. The molecular weight excluding hydrogens is 136 g/mol. The Balaban J connectivity index is 1.97. The Morgan fingerprint density at radius 1 is 1.45 bits per heavy atom. The molecule has 0 radical (unpaired) electrons. The molecule has 0 bridgehead atoms. The first-order valence-corrected chi connectivity index (χ1v) is 4.63. The predicted molar refractivity (Wildman–Crippen MR) is 46.6 cm³/mol. The molecule has 2 fully saturated rings. The molecule has 1 N–H and O–H groups in total. The maximum Gasteiger partial charge on any atom is 0.00701 e. The van der Waals surface area contributed by atoms with Crippen LogP contribution < -0.4 is 5.32 Å². The van der Waals surface area contributed by atoms with E-state index >= 15 is 0 Å². The molecule has 0 saturated carbocycles. The Morgan fingerprint density at radius 3 is 2.64 bits per heavy atom. The van der Waals surface area contributed by atoms with Crippen LogP contribution in [0, 0.1) is 5.41 Å². The highest BCUT2D eigenvalue weighted by atomic mass is 15.1. The van der Waals surface area contributed by atoms with Crippen LogP contribution in [0.5, 0.6) is 0 Å². The second-order valence-electron chi connectivity index (χ2n) is 4.39. The van der Waals surface area contributed by atoms with Crippen molar-refractivity contribution in [3.8, 4) is 0 Å². The molecule has 1 unspecified atom stereocenters.